The minimum absolute atomic E-state index is 0.00672. The van der Waals surface area contributed by atoms with E-state index in [0.29, 0.717) is 6.04 Å². The highest BCUT2D eigenvalue weighted by molar-refractivity contribution is 5.60. The van der Waals surface area contributed by atoms with Crippen molar-refractivity contribution in [3.8, 4) is 0 Å². The van der Waals surface area contributed by atoms with E-state index in [1.165, 1.54) is 22.4 Å². The van der Waals surface area contributed by atoms with Gasteiger partial charge in [0.25, 0.3) is 0 Å². The summed E-state index contributed by atoms with van der Waals surface area (Å²) >= 11 is 0. The second-order valence-corrected chi connectivity index (χ2v) is 5.58. The number of benzene rings is 2. The highest BCUT2D eigenvalue weighted by Gasteiger charge is 2.28. The van der Waals surface area contributed by atoms with Gasteiger partial charge in [-0.2, -0.15) is 0 Å². The monoisotopic (exact) mass is 266 g/mol. The van der Waals surface area contributed by atoms with Crippen LogP contribution in [0.3, 0.4) is 0 Å². The van der Waals surface area contributed by atoms with E-state index in [-0.39, 0.29) is 6.17 Å². The molecule has 1 heterocycles. The molecule has 0 amide bonds. The summed E-state index contributed by atoms with van der Waals surface area (Å²) in [6.45, 7) is 4.32. The maximum absolute atomic E-state index is 6.30. The largest absolute Gasteiger partial charge is 0.349 e. The average molecular weight is 266 g/mol. The van der Waals surface area contributed by atoms with Gasteiger partial charge >= 0.3 is 0 Å². The second-order valence-electron chi connectivity index (χ2n) is 5.58. The van der Waals surface area contributed by atoms with Crippen molar-refractivity contribution in [2.75, 3.05) is 4.90 Å². The third-order valence-corrected chi connectivity index (χ3v) is 4.23. The molecule has 1 aliphatic rings. The summed E-state index contributed by atoms with van der Waals surface area (Å²) in [4.78, 5) is 2.38. The Balaban J connectivity index is 2.23. The average Bonchev–Trinajstić information content (AvgIpc) is 2.60. The van der Waals surface area contributed by atoms with Gasteiger partial charge < -0.3 is 10.6 Å². The van der Waals surface area contributed by atoms with Gasteiger partial charge in [0, 0.05) is 5.69 Å². The van der Waals surface area contributed by atoms with Crippen LogP contribution in [0.4, 0.5) is 5.69 Å². The van der Waals surface area contributed by atoms with Crippen LogP contribution in [0.25, 0.3) is 0 Å². The van der Waals surface area contributed by atoms with Crippen LogP contribution in [0.2, 0.25) is 0 Å². The van der Waals surface area contributed by atoms with Crippen molar-refractivity contribution in [1.29, 1.82) is 0 Å². The van der Waals surface area contributed by atoms with Crippen LogP contribution in [-0.4, -0.2) is 6.17 Å². The van der Waals surface area contributed by atoms with Crippen LogP contribution in [0, 0.1) is 0 Å². The Kier molecular flexibility index (Phi) is 3.49. The number of rotatable bonds is 2. The molecule has 2 aromatic carbocycles. The minimum atomic E-state index is 0.00672. The molecule has 2 atom stereocenters. The molecule has 2 nitrogen and oxygen atoms in total. The first kappa shape index (κ1) is 13.2. The van der Waals surface area contributed by atoms with Crippen LogP contribution < -0.4 is 10.6 Å². The van der Waals surface area contributed by atoms with Crippen LogP contribution in [-0.2, 0) is 6.42 Å². The Hall–Kier alpha value is -1.80. The lowest BCUT2D eigenvalue weighted by atomic mass is 9.96. The molecule has 0 bridgehead atoms. The highest BCUT2D eigenvalue weighted by atomic mass is 15.2. The zero-order valence-electron chi connectivity index (χ0n) is 12.2. The summed E-state index contributed by atoms with van der Waals surface area (Å²) < 4.78 is 0. The summed E-state index contributed by atoms with van der Waals surface area (Å²) in [5, 5.41) is 0. The van der Waals surface area contributed by atoms with E-state index in [0.717, 1.165) is 12.8 Å². The standard InChI is InChI=1S/C18H22N2/c1-3-17-16-10-6-4-8-14(16)12-15-9-5-7-11-18(15)20(17)13(2)19/h4-11,13,17H,3,12,19H2,1-2H3. The van der Waals surface area contributed by atoms with Crippen LogP contribution >= 0.6 is 0 Å². The van der Waals surface area contributed by atoms with Crippen molar-refractivity contribution in [3.63, 3.8) is 0 Å². The Bertz CT molecular complexity index is 604. The normalized spacial score (nSPS) is 18.9. The molecular formula is C18H22N2. The van der Waals surface area contributed by atoms with Crippen molar-refractivity contribution in [1.82, 2.24) is 0 Å². The van der Waals surface area contributed by atoms with Gasteiger partial charge in [-0.05, 0) is 42.5 Å². The zero-order chi connectivity index (χ0) is 14.1. The third kappa shape index (κ3) is 2.10. The SMILES string of the molecule is CCC1c2ccccc2Cc2ccccc2N1C(C)N. The molecule has 20 heavy (non-hydrogen) atoms. The van der Waals surface area contributed by atoms with Crippen molar-refractivity contribution in [2.24, 2.45) is 5.73 Å². The van der Waals surface area contributed by atoms with Crippen molar-refractivity contribution >= 4 is 5.69 Å². The van der Waals surface area contributed by atoms with Crippen molar-refractivity contribution < 1.29 is 0 Å². The first-order chi connectivity index (χ1) is 9.72. The minimum Gasteiger partial charge on any atom is -0.349 e. The predicted octanol–water partition coefficient (Wildman–Crippen LogP) is 3.85. The molecule has 0 spiro atoms. The van der Waals surface area contributed by atoms with Gasteiger partial charge in [-0.25, -0.2) is 0 Å². The zero-order valence-corrected chi connectivity index (χ0v) is 12.2. The molecule has 0 aromatic heterocycles. The van der Waals surface area contributed by atoms with Crippen molar-refractivity contribution in [3.05, 3.63) is 65.2 Å². The molecule has 0 saturated carbocycles. The van der Waals surface area contributed by atoms with E-state index in [9.17, 15) is 0 Å². The maximum Gasteiger partial charge on any atom is 0.0748 e. The van der Waals surface area contributed by atoms with Crippen molar-refractivity contribution in [2.45, 2.75) is 38.9 Å². The summed E-state index contributed by atoms with van der Waals surface area (Å²) in [5.41, 5.74) is 11.8. The quantitative estimate of drug-likeness (QED) is 0.894. The first-order valence-corrected chi connectivity index (χ1v) is 7.42. The fourth-order valence-corrected chi connectivity index (χ4v) is 3.38. The molecule has 0 radical (unpaired) electrons. The van der Waals surface area contributed by atoms with Gasteiger partial charge in [0.1, 0.15) is 0 Å². The lowest BCUT2D eigenvalue weighted by molar-refractivity contribution is 0.537. The Morgan fingerprint density at radius 2 is 1.75 bits per heavy atom. The van der Waals surface area contributed by atoms with E-state index >= 15 is 0 Å². The van der Waals surface area contributed by atoms with Crippen LogP contribution in [0.5, 0.6) is 0 Å². The van der Waals surface area contributed by atoms with E-state index in [4.69, 9.17) is 5.73 Å². The molecule has 2 unspecified atom stereocenters. The fourth-order valence-electron chi connectivity index (χ4n) is 3.38. The number of nitrogens with two attached hydrogens (primary N) is 1. The molecule has 0 aliphatic carbocycles. The summed E-state index contributed by atoms with van der Waals surface area (Å²) in [6.07, 6.45) is 2.06. The molecule has 3 rings (SSSR count). The Labute approximate surface area is 121 Å². The van der Waals surface area contributed by atoms with Gasteiger partial charge in [-0.1, -0.05) is 49.4 Å². The molecule has 1 aliphatic heterocycles. The van der Waals surface area contributed by atoms with Gasteiger partial charge in [-0.15, -0.1) is 0 Å². The third-order valence-electron chi connectivity index (χ3n) is 4.23. The summed E-state index contributed by atoms with van der Waals surface area (Å²) in [5.74, 6) is 0. The molecule has 2 heteroatoms. The van der Waals surface area contributed by atoms with E-state index < -0.39 is 0 Å². The molecular weight excluding hydrogens is 244 g/mol. The molecule has 0 fully saturated rings. The first-order valence-electron chi connectivity index (χ1n) is 7.42. The van der Waals surface area contributed by atoms with Gasteiger partial charge in [0.15, 0.2) is 0 Å². The fraction of sp³-hybridized carbons (Fsp3) is 0.333. The highest BCUT2D eigenvalue weighted by Crippen LogP contribution is 2.39. The summed E-state index contributed by atoms with van der Waals surface area (Å²) in [7, 11) is 0. The summed E-state index contributed by atoms with van der Waals surface area (Å²) in [6, 6.07) is 17.8. The van der Waals surface area contributed by atoms with Crippen LogP contribution in [0.1, 0.15) is 43.0 Å². The van der Waals surface area contributed by atoms with Gasteiger partial charge in [0.05, 0.1) is 12.2 Å². The van der Waals surface area contributed by atoms with E-state index in [1.54, 1.807) is 0 Å². The van der Waals surface area contributed by atoms with Gasteiger partial charge in [-0.3, -0.25) is 0 Å². The van der Waals surface area contributed by atoms with Gasteiger partial charge in [0.2, 0.25) is 0 Å². The predicted molar refractivity (Wildman–Crippen MR) is 84.9 cm³/mol. The van der Waals surface area contributed by atoms with Crippen LogP contribution in [0.15, 0.2) is 48.5 Å². The number of para-hydroxylation sites is 1. The Morgan fingerprint density at radius 3 is 2.45 bits per heavy atom. The maximum atomic E-state index is 6.30. The van der Waals surface area contributed by atoms with E-state index in [2.05, 4.69) is 67.3 Å². The number of fused-ring (bicyclic) bond motifs is 2. The number of hydrogen-bond donors (Lipinski definition) is 1. The lowest BCUT2D eigenvalue weighted by Gasteiger charge is -2.36. The molecule has 2 N–H and O–H groups in total. The Morgan fingerprint density at radius 1 is 1.10 bits per heavy atom. The number of nitrogens with zero attached hydrogens (tertiary/aromatic N) is 1. The lowest BCUT2D eigenvalue weighted by Crippen LogP contribution is -2.42. The second kappa shape index (κ2) is 5.29. The smallest absolute Gasteiger partial charge is 0.0748 e. The molecule has 104 valence electrons. The topological polar surface area (TPSA) is 29.3 Å². The van der Waals surface area contributed by atoms with E-state index in [1.807, 2.05) is 0 Å². The molecule has 0 saturated heterocycles. The molecule has 2 aromatic rings. The number of anilines is 1. The number of hydrogen-bond acceptors (Lipinski definition) is 2.